The van der Waals surface area contributed by atoms with Gasteiger partial charge in [0.2, 0.25) is 0 Å². The largest absolute Gasteiger partial charge is 0.356 e. The van der Waals surface area contributed by atoms with Gasteiger partial charge < -0.3 is 4.74 Å². The maximum Gasteiger partial charge on any atom is 0.166 e. The van der Waals surface area contributed by atoms with Crippen molar-refractivity contribution in [1.29, 1.82) is 0 Å². The molecule has 1 atom stereocenters. The maximum absolute atomic E-state index is 4.91. The maximum atomic E-state index is 4.91. The van der Waals surface area contributed by atoms with Crippen molar-refractivity contribution < 1.29 is 4.74 Å². The molecule has 1 aliphatic heterocycles. The number of rotatable bonds is 1. The fourth-order valence-electron chi connectivity index (χ4n) is 0.610. The Morgan fingerprint density at radius 1 is 1.75 bits per heavy atom. The highest BCUT2D eigenvalue weighted by Crippen LogP contribution is 1.99. The minimum atomic E-state index is -0.0243. The Kier molecular flexibility index (Phi) is 1.80. The Balaban J connectivity index is 2.42. The number of ether oxygens (including phenoxy) is 1. The molecular formula is C6H9NO. The van der Waals surface area contributed by atoms with Gasteiger partial charge in [0, 0.05) is 19.7 Å². The van der Waals surface area contributed by atoms with Crippen LogP contribution in [0.5, 0.6) is 0 Å². The first-order chi connectivity index (χ1) is 3.93. The van der Waals surface area contributed by atoms with E-state index in [1.165, 1.54) is 0 Å². The normalized spacial score (nSPS) is 26.4. The lowest BCUT2D eigenvalue weighted by molar-refractivity contribution is 0.148. The zero-order chi connectivity index (χ0) is 5.82. The van der Waals surface area contributed by atoms with Crippen LogP contribution in [0.2, 0.25) is 0 Å². The second kappa shape index (κ2) is 2.62. The first-order valence-corrected chi connectivity index (χ1v) is 2.64. The van der Waals surface area contributed by atoms with Gasteiger partial charge in [-0.25, -0.2) is 0 Å². The Morgan fingerprint density at radius 2 is 2.62 bits per heavy atom. The SMILES string of the molecule is CO[C@H]1C=CCC=N1. The van der Waals surface area contributed by atoms with Crippen LogP contribution in [-0.2, 0) is 4.74 Å². The van der Waals surface area contributed by atoms with Crippen LogP contribution in [0.15, 0.2) is 17.1 Å². The first-order valence-electron chi connectivity index (χ1n) is 2.64. The van der Waals surface area contributed by atoms with E-state index in [4.69, 9.17) is 4.74 Å². The van der Waals surface area contributed by atoms with Gasteiger partial charge in [0.15, 0.2) is 6.23 Å². The first kappa shape index (κ1) is 5.51. The topological polar surface area (TPSA) is 21.6 Å². The van der Waals surface area contributed by atoms with E-state index in [9.17, 15) is 0 Å². The van der Waals surface area contributed by atoms with Gasteiger partial charge in [0.25, 0.3) is 0 Å². The lowest BCUT2D eigenvalue weighted by Gasteiger charge is -2.06. The number of nitrogens with zero attached hydrogens (tertiary/aromatic N) is 1. The molecule has 1 heterocycles. The van der Waals surface area contributed by atoms with Crippen molar-refractivity contribution in [3.63, 3.8) is 0 Å². The average molecular weight is 111 g/mol. The Bertz CT molecular complexity index is 106. The second-order valence-electron chi connectivity index (χ2n) is 1.62. The van der Waals surface area contributed by atoms with E-state index in [2.05, 4.69) is 4.99 Å². The van der Waals surface area contributed by atoms with Crippen LogP contribution in [0, 0.1) is 0 Å². The van der Waals surface area contributed by atoms with E-state index < -0.39 is 0 Å². The third kappa shape index (κ3) is 1.17. The van der Waals surface area contributed by atoms with E-state index in [1.807, 2.05) is 18.4 Å². The average Bonchev–Trinajstić information content (AvgIpc) is 1.90. The molecule has 0 saturated carbocycles. The molecule has 1 aliphatic rings. The van der Waals surface area contributed by atoms with Gasteiger partial charge in [-0.1, -0.05) is 6.08 Å². The fraction of sp³-hybridized carbons (Fsp3) is 0.500. The van der Waals surface area contributed by atoms with Crippen molar-refractivity contribution in [2.24, 2.45) is 4.99 Å². The van der Waals surface area contributed by atoms with Crippen molar-refractivity contribution in [3.8, 4) is 0 Å². The lowest BCUT2D eigenvalue weighted by atomic mass is 10.3. The van der Waals surface area contributed by atoms with Gasteiger partial charge >= 0.3 is 0 Å². The molecule has 1 rings (SSSR count). The predicted octanol–water partition coefficient (Wildman–Crippen LogP) is 0.990. The summed E-state index contributed by atoms with van der Waals surface area (Å²) in [6.45, 7) is 0. The molecule has 2 heteroatoms. The minimum absolute atomic E-state index is 0.0243. The van der Waals surface area contributed by atoms with E-state index in [1.54, 1.807) is 7.11 Å². The zero-order valence-electron chi connectivity index (χ0n) is 4.87. The standard InChI is InChI=1S/C6H9NO/c1-8-6-4-2-3-5-7-6/h2,4-6H,3H2,1H3/t6-/m0/s1. The van der Waals surface area contributed by atoms with E-state index in [0.717, 1.165) is 6.42 Å². The third-order valence-electron chi connectivity index (χ3n) is 1.04. The molecule has 0 radical (unpaired) electrons. The van der Waals surface area contributed by atoms with E-state index in [0.29, 0.717) is 0 Å². The summed E-state index contributed by atoms with van der Waals surface area (Å²) >= 11 is 0. The fourth-order valence-corrected chi connectivity index (χ4v) is 0.610. The molecule has 0 spiro atoms. The second-order valence-corrected chi connectivity index (χ2v) is 1.62. The highest BCUT2D eigenvalue weighted by atomic mass is 16.5. The molecule has 0 N–H and O–H groups in total. The number of hydrogen-bond acceptors (Lipinski definition) is 2. The van der Waals surface area contributed by atoms with Gasteiger partial charge in [-0.15, -0.1) is 0 Å². The van der Waals surface area contributed by atoms with Crippen LogP contribution >= 0.6 is 0 Å². The molecule has 0 amide bonds. The smallest absolute Gasteiger partial charge is 0.166 e. The summed E-state index contributed by atoms with van der Waals surface area (Å²) in [5.74, 6) is 0. The van der Waals surface area contributed by atoms with Crippen LogP contribution in [0.25, 0.3) is 0 Å². The summed E-state index contributed by atoms with van der Waals surface area (Å²) in [4.78, 5) is 4.01. The van der Waals surface area contributed by atoms with Crippen LogP contribution in [0.1, 0.15) is 6.42 Å². The highest BCUT2D eigenvalue weighted by molar-refractivity contribution is 5.61. The van der Waals surface area contributed by atoms with Gasteiger partial charge in [0.1, 0.15) is 0 Å². The molecule has 0 bridgehead atoms. The van der Waals surface area contributed by atoms with Gasteiger partial charge in [0.05, 0.1) is 0 Å². The minimum Gasteiger partial charge on any atom is -0.356 e. The molecule has 44 valence electrons. The summed E-state index contributed by atoms with van der Waals surface area (Å²) < 4.78 is 4.91. The molecule has 0 aliphatic carbocycles. The van der Waals surface area contributed by atoms with Crippen LogP contribution in [-0.4, -0.2) is 19.6 Å². The number of dihydropyridines is 1. The van der Waals surface area contributed by atoms with Crippen LogP contribution < -0.4 is 0 Å². The lowest BCUT2D eigenvalue weighted by Crippen LogP contribution is -2.05. The van der Waals surface area contributed by atoms with Crippen molar-refractivity contribution in [2.75, 3.05) is 7.11 Å². The van der Waals surface area contributed by atoms with E-state index in [-0.39, 0.29) is 6.23 Å². The summed E-state index contributed by atoms with van der Waals surface area (Å²) in [7, 11) is 1.65. The molecule has 0 saturated heterocycles. The molecule has 0 unspecified atom stereocenters. The quantitative estimate of drug-likeness (QED) is 0.462. The van der Waals surface area contributed by atoms with Crippen molar-refractivity contribution >= 4 is 6.21 Å². The zero-order valence-corrected chi connectivity index (χ0v) is 4.87. The monoisotopic (exact) mass is 111 g/mol. The highest BCUT2D eigenvalue weighted by Gasteiger charge is 1.97. The summed E-state index contributed by atoms with van der Waals surface area (Å²) in [6, 6.07) is 0. The molecule has 2 nitrogen and oxygen atoms in total. The third-order valence-corrected chi connectivity index (χ3v) is 1.04. The molecule has 0 aromatic heterocycles. The molecule has 8 heavy (non-hydrogen) atoms. The molecule has 0 fully saturated rings. The van der Waals surface area contributed by atoms with Gasteiger partial charge in [-0.3, -0.25) is 4.99 Å². The van der Waals surface area contributed by atoms with Crippen molar-refractivity contribution in [3.05, 3.63) is 12.2 Å². The number of methoxy groups -OCH3 is 1. The Hall–Kier alpha value is -0.630. The van der Waals surface area contributed by atoms with Gasteiger partial charge in [-0.2, -0.15) is 0 Å². The predicted molar refractivity (Wildman–Crippen MR) is 33.0 cm³/mol. The Labute approximate surface area is 48.9 Å². The number of aliphatic imine (C=N–C) groups is 1. The molecule has 0 aromatic rings. The Morgan fingerprint density at radius 3 is 3.00 bits per heavy atom. The number of allylic oxidation sites excluding steroid dienone is 1. The number of hydrogen-bond donors (Lipinski definition) is 0. The van der Waals surface area contributed by atoms with Crippen LogP contribution in [0.3, 0.4) is 0 Å². The summed E-state index contributed by atoms with van der Waals surface area (Å²) in [5.41, 5.74) is 0. The van der Waals surface area contributed by atoms with Gasteiger partial charge in [-0.05, 0) is 6.08 Å². The van der Waals surface area contributed by atoms with Crippen LogP contribution in [0.4, 0.5) is 0 Å². The summed E-state index contributed by atoms with van der Waals surface area (Å²) in [5, 5.41) is 0. The molecular weight excluding hydrogens is 102 g/mol. The van der Waals surface area contributed by atoms with E-state index >= 15 is 0 Å². The van der Waals surface area contributed by atoms with Crippen molar-refractivity contribution in [2.45, 2.75) is 12.6 Å². The summed E-state index contributed by atoms with van der Waals surface area (Å²) in [6.07, 6.45) is 6.76. The molecule has 0 aromatic carbocycles. The van der Waals surface area contributed by atoms with Crippen molar-refractivity contribution in [1.82, 2.24) is 0 Å².